The average molecular weight is 607 g/mol. The number of hydrogen-bond acceptors (Lipinski definition) is 4. The summed E-state index contributed by atoms with van der Waals surface area (Å²) in [7, 11) is 0. The molecule has 1 unspecified atom stereocenters. The molecule has 0 N–H and O–H groups in total. The predicted octanol–water partition coefficient (Wildman–Crippen LogP) is 11.8. The molecule has 0 amide bonds. The zero-order chi connectivity index (χ0) is 31.2. The van der Waals surface area contributed by atoms with Gasteiger partial charge in [0.1, 0.15) is 16.7 Å². The summed E-state index contributed by atoms with van der Waals surface area (Å²) in [6, 6.07) is 48.7. The largest absolute Gasteiger partial charge is 0.455 e. The quantitative estimate of drug-likeness (QED) is 0.189. The number of benzene rings is 6. The van der Waals surface area contributed by atoms with Crippen molar-refractivity contribution in [2.24, 2.45) is 0 Å². The normalized spacial score (nSPS) is 14.3. The number of furan rings is 1. The highest BCUT2D eigenvalue weighted by molar-refractivity contribution is 6.15. The third-order valence-electron chi connectivity index (χ3n) is 9.05. The van der Waals surface area contributed by atoms with Crippen molar-refractivity contribution in [1.29, 1.82) is 0 Å². The molecule has 1 aliphatic rings. The van der Waals surface area contributed by atoms with E-state index in [1.807, 2.05) is 42.5 Å². The molecule has 4 heteroatoms. The third kappa shape index (κ3) is 4.82. The van der Waals surface area contributed by atoms with Gasteiger partial charge in [0.2, 0.25) is 5.89 Å². The number of allylic oxidation sites excluding steroid dienone is 2. The fourth-order valence-electron chi connectivity index (χ4n) is 6.76. The highest BCUT2D eigenvalue weighted by Gasteiger charge is 2.22. The SMILES string of the molecule is C1=CCC(N(c2ccc(-c3ccccc3)cc2)c2ccc(-c3ccc(-c4nc5ccccc5o4)c4c3oc3ccccc34)cc2)C=C1. The van der Waals surface area contributed by atoms with E-state index < -0.39 is 0 Å². The Kier molecular flexibility index (Phi) is 6.57. The van der Waals surface area contributed by atoms with Crippen molar-refractivity contribution in [3.05, 3.63) is 164 Å². The van der Waals surface area contributed by atoms with E-state index in [1.54, 1.807) is 0 Å². The van der Waals surface area contributed by atoms with Crippen LogP contribution in [0.1, 0.15) is 6.42 Å². The maximum Gasteiger partial charge on any atom is 0.228 e. The van der Waals surface area contributed by atoms with E-state index in [0.717, 1.165) is 67.5 Å². The maximum absolute atomic E-state index is 6.57. The molecule has 4 nitrogen and oxygen atoms in total. The second-order valence-corrected chi connectivity index (χ2v) is 11.9. The summed E-state index contributed by atoms with van der Waals surface area (Å²) < 4.78 is 12.8. The smallest absolute Gasteiger partial charge is 0.228 e. The number of hydrogen-bond donors (Lipinski definition) is 0. The number of oxazole rings is 1. The molecule has 1 aliphatic carbocycles. The molecule has 0 radical (unpaired) electrons. The summed E-state index contributed by atoms with van der Waals surface area (Å²) in [4.78, 5) is 7.25. The van der Waals surface area contributed by atoms with Gasteiger partial charge in [0.15, 0.2) is 5.58 Å². The van der Waals surface area contributed by atoms with Crippen LogP contribution in [0.2, 0.25) is 0 Å². The lowest BCUT2D eigenvalue weighted by molar-refractivity contribution is 0.620. The van der Waals surface area contributed by atoms with Crippen LogP contribution in [0.4, 0.5) is 11.4 Å². The van der Waals surface area contributed by atoms with Crippen LogP contribution in [0.15, 0.2) is 173 Å². The minimum atomic E-state index is 0.214. The van der Waals surface area contributed by atoms with Crippen molar-refractivity contribution in [1.82, 2.24) is 4.98 Å². The highest BCUT2D eigenvalue weighted by Crippen LogP contribution is 2.43. The molecule has 2 heterocycles. The molecule has 47 heavy (non-hydrogen) atoms. The van der Waals surface area contributed by atoms with E-state index in [0.29, 0.717) is 5.89 Å². The number of rotatable bonds is 6. The van der Waals surface area contributed by atoms with E-state index in [1.165, 1.54) is 11.1 Å². The van der Waals surface area contributed by atoms with Crippen molar-refractivity contribution < 1.29 is 8.83 Å². The van der Waals surface area contributed by atoms with Gasteiger partial charge < -0.3 is 13.7 Å². The van der Waals surface area contributed by atoms with Crippen LogP contribution < -0.4 is 4.90 Å². The van der Waals surface area contributed by atoms with Crippen molar-refractivity contribution in [2.45, 2.75) is 12.5 Å². The molecule has 0 aliphatic heterocycles. The van der Waals surface area contributed by atoms with Crippen LogP contribution in [0.5, 0.6) is 0 Å². The Hall–Kier alpha value is -6.13. The highest BCUT2D eigenvalue weighted by atomic mass is 16.3. The van der Waals surface area contributed by atoms with Crippen molar-refractivity contribution in [3.63, 3.8) is 0 Å². The Morgan fingerprint density at radius 3 is 1.96 bits per heavy atom. The summed E-state index contributed by atoms with van der Waals surface area (Å²) in [5.41, 5.74) is 11.0. The fraction of sp³-hybridized carbons (Fsp3) is 0.0465. The Bertz CT molecular complexity index is 2400. The van der Waals surface area contributed by atoms with Gasteiger partial charge in [-0.1, -0.05) is 109 Å². The number of para-hydroxylation sites is 3. The molecule has 6 aromatic carbocycles. The van der Waals surface area contributed by atoms with Gasteiger partial charge in [-0.25, -0.2) is 4.98 Å². The Morgan fingerprint density at radius 2 is 1.21 bits per heavy atom. The Balaban J connectivity index is 1.13. The van der Waals surface area contributed by atoms with Crippen LogP contribution in [-0.2, 0) is 0 Å². The van der Waals surface area contributed by atoms with Gasteiger partial charge in [0.25, 0.3) is 0 Å². The summed E-state index contributed by atoms with van der Waals surface area (Å²) in [6.45, 7) is 0. The van der Waals surface area contributed by atoms with Gasteiger partial charge in [-0.05, 0) is 77.7 Å². The summed E-state index contributed by atoms with van der Waals surface area (Å²) in [6.07, 6.45) is 9.72. The second kappa shape index (κ2) is 11.3. The molecule has 1 atom stereocenters. The molecule has 9 rings (SSSR count). The lowest BCUT2D eigenvalue weighted by Gasteiger charge is -2.33. The van der Waals surface area contributed by atoms with Gasteiger partial charge in [-0.2, -0.15) is 0 Å². The topological polar surface area (TPSA) is 42.4 Å². The van der Waals surface area contributed by atoms with Crippen molar-refractivity contribution in [3.8, 4) is 33.7 Å². The molecule has 0 fully saturated rings. The first-order valence-corrected chi connectivity index (χ1v) is 16.0. The average Bonchev–Trinajstić information content (AvgIpc) is 3.75. The number of anilines is 2. The van der Waals surface area contributed by atoms with Crippen LogP contribution in [0.3, 0.4) is 0 Å². The van der Waals surface area contributed by atoms with Gasteiger partial charge in [0.05, 0.1) is 6.04 Å². The van der Waals surface area contributed by atoms with E-state index in [4.69, 9.17) is 13.8 Å². The Labute approximate surface area is 272 Å². The molecular formula is C43H30N2O2. The Morgan fingerprint density at radius 1 is 0.553 bits per heavy atom. The molecule has 8 aromatic rings. The zero-order valence-corrected chi connectivity index (χ0v) is 25.6. The standard InChI is InChI=1S/C43H30N2O2/c1-3-11-29(12-4-1)30-19-23-33(24-20-30)45(32-13-5-2-6-14-32)34-25-21-31(22-26-34)35-27-28-37(43-44-38-16-8-10-18-40(38)47-43)41-36-15-7-9-17-39(36)46-42(35)41/h1-13,15-28,32H,14H2. The van der Waals surface area contributed by atoms with E-state index in [2.05, 4.69) is 126 Å². The van der Waals surface area contributed by atoms with Crippen LogP contribution in [0.25, 0.3) is 66.7 Å². The van der Waals surface area contributed by atoms with Crippen LogP contribution >= 0.6 is 0 Å². The monoisotopic (exact) mass is 606 g/mol. The molecule has 2 aromatic heterocycles. The molecular weight excluding hydrogens is 576 g/mol. The van der Waals surface area contributed by atoms with E-state index in [-0.39, 0.29) is 6.04 Å². The maximum atomic E-state index is 6.57. The first-order chi connectivity index (χ1) is 23.3. The fourth-order valence-corrected chi connectivity index (χ4v) is 6.76. The van der Waals surface area contributed by atoms with Crippen LogP contribution in [-0.4, -0.2) is 11.0 Å². The second-order valence-electron chi connectivity index (χ2n) is 11.9. The molecule has 0 saturated carbocycles. The number of fused-ring (bicyclic) bond motifs is 4. The number of aromatic nitrogens is 1. The number of nitrogens with zero attached hydrogens (tertiary/aromatic N) is 2. The first kappa shape index (κ1) is 27.2. The predicted molar refractivity (Wildman–Crippen MR) is 193 cm³/mol. The lowest BCUT2D eigenvalue weighted by Crippen LogP contribution is -2.29. The van der Waals surface area contributed by atoms with Gasteiger partial charge in [0, 0.05) is 33.3 Å². The van der Waals surface area contributed by atoms with Gasteiger partial charge >= 0.3 is 0 Å². The molecule has 0 saturated heterocycles. The minimum Gasteiger partial charge on any atom is -0.455 e. The van der Waals surface area contributed by atoms with E-state index >= 15 is 0 Å². The summed E-state index contributed by atoms with van der Waals surface area (Å²) in [5.74, 6) is 0.591. The van der Waals surface area contributed by atoms with Gasteiger partial charge in [-0.15, -0.1) is 0 Å². The molecule has 0 spiro atoms. The van der Waals surface area contributed by atoms with Crippen molar-refractivity contribution in [2.75, 3.05) is 4.90 Å². The van der Waals surface area contributed by atoms with Crippen molar-refractivity contribution >= 4 is 44.4 Å². The zero-order valence-electron chi connectivity index (χ0n) is 25.6. The summed E-state index contributed by atoms with van der Waals surface area (Å²) in [5, 5.41) is 2.05. The molecule has 224 valence electrons. The molecule has 0 bridgehead atoms. The van der Waals surface area contributed by atoms with Crippen LogP contribution in [0, 0.1) is 0 Å². The first-order valence-electron chi connectivity index (χ1n) is 16.0. The summed E-state index contributed by atoms with van der Waals surface area (Å²) >= 11 is 0. The third-order valence-corrected chi connectivity index (χ3v) is 9.05. The van der Waals surface area contributed by atoms with Gasteiger partial charge in [-0.3, -0.25) is 0 Å². The minimum absolute atomic E-state index is 0.214. The lowest BCUT2D eigenvalue weighted by atomic mass is 9.97. The van der Waals surface area contributed by atoms with E-state index in [9.17, 15) is 0 Å².